The fraction of sp³-hybridized carbons (Fsp3) is 0.684. The third-order valence-electron chi connectivity index (χ3n) is 6.41. The second-order valence-corrected chi connectivity index (χ2v) is 8.08. The van der Waals surface area contributed by atoms with Crippen molar-refractivity contribution in [2.75, 3.05) is 13.2 Å². The Bertz CT molecular complexity index is 542. The minimum absolute atomic E-state index is 0.125. The Morgan fingerprint density at radius 2 is 1.82 bits per heavy atom. The smallest absolute Gasteiger partial charge is 0.0839 e. The van der Waals surface area contributed by atoms with E-state index in [1.54, 1.807) is 0 Å². The Balaban J connectivity index is 1.38. The SMILES string of the molecule is c1ccc(CN2CC3(C[C@H]4CC[C@@H](C3)N4)OCC23CC3)cc1. The van der Waals surface area contributed by atoms with Crippen molar-refractivity contribution in [3.05, 3.63) is 35.9 Å². The summed E-state index contributed by atoms with van der Waals surface area (Å²) in [6.45, 7) is 3.19. The Morgan fingerprint density at radius 3 is 2.50 bits per heavy atom. The van der Waals surface area contributed by atoms with Crippen molar-refractivity contribution in [1.29, 1.82) is 0 Å². The fourth-order valence-corrected chi connectivity index (χ4v) is 5.02. The molecule has 4 aliphatic rings. The van der Waals surface area contributed by atoms with Gasteiger partial charge in [0.25, 0.3) is 0 Å². The summed E-state index contributed by atoms with van der Waals surface area (Å²) >= 11 is 0. The Hall–Kier alpha value is -0.900. The molecule has 3 saturated heterocycles. The first-order valence-corrected chi connectivity index (χ1v) is 8.94. The highest BCUT2D eigenvalue weighted by Crippen LogP contribution is 2.50. The summed E-state index contributed by atoms with van der Waals surface area (Å²) in [5.41, 5.74) is 1.94. The largest absolute Gasteiger partial charge is 0.372 e. The number of hydrogen-bond donors (Lipinski definition) is 1. The minimum Gasteiger partial charge on any atom is -0.372 e. The van der Waals surface area contributed by atoms with Crippen LogP contribution in [0.1, 0.15) is 44.1 Å². The normalized spacial score (nSPS) is 39.5. The number of piperidine rings is 1. The second kappa shape index (κ2) is 4.80. The van der Waals surface area contributed by atoms with Crippen LogP contribution in [0.4, 0.5) is 0 Å². The van der Waals surface area contributed by atoms with Crippen LogP contribution >= 0.6 is 0 Å². The van der Waals surface area contributed by atoms with Crippen LogP contribution < -0.4 is 5.32 Å². The topological polar surface area (TPSA) is 24.5 Å². The molecule has 0 radical (unpaired) electrons. The van der Waals surface area contributed by atoms with Gasteiger partial charge in [0.05, 0.1) is 12.2 Å². The molecular formula is C19H26N2O. The van der Waals surface area contributed by atoms with Crippen molar-refractivity contribution < 1.29 is 4.74 Å². The van der Waals surface area contributed by atoms with E-state index in [0.29, 0.717) is 17.6 Å². The van der Waals surface area contributed by atoms with E-state index < -0.39 is 0 Å². The molecule has 2 spiro atoms. The van der Waals surface area contributed by atoms with Gasteiger partial charge in [-0.3, -0.25) is 4.90 Å². The van der Waals surface area contributed by atoms with Crippen molar-refractivity contribution in [2.24, 2.45) is 0 Å². The number of ether oxygens (including phenoxy) is 1. The van der Waals surface area contributed by atoms with Crippen LogP contribution in [0.3, 0.4) is 0 Å². The van der Waals surface area contributed by atoms with Crippen LogP contribution in [0.5, 0.6) is 0 Å². The molecule has 1 aromatic rings. The van der Waals surface area contributed by atoms with Crippen molar-refractivity contribution in [2.45, 2.75) is 68.3 Å². The lowest BCUT2D eigenvalue weighted by atomic mass is 9.84. The second-order valence-electron chi connectivity index (χ2n) is 8.08. The molecular weight excluding hydrogens is 272 g/mol. The van der Waals surface area contributed by atoms with Crippen molar-refractivity contribution in [3.8, 4) is 0 Å². The maximum Gasteiger partial charge on any atom is 0.0839 e. The third kappa shape index (κ3) is 2.22. The van der Waals surface area contributed by atoms with Gasteiger partial charge in [-0.05, 0) is 44.1 Å². The fourth-order valence-electron chi connectivity index (χ4n) is 5.02. The van der Waals surface area contributed by atoms with Crippen molar-refractivity contribution in [1.82, 2.24) is 10.2 Å². The summed E-state index contributed by atoms with van der Waals surface area (Å²) in [5.74, 6) is 0. The summed E-state index contributed by atoms with van der Waals surface area (Å²) in [6.07, 6.45) is 7.76. The van der Waals surface area contributed by atoms with E-state index in [9.17, 15) is 0 Å². The first-order chi connectivity index (χ1) is 10.8. The molecule has 4 fully saturated rings. The molecule has 118 valence electrons. The summed E-state index contributed by atoms with van der Waals surface area (Å²) in [5, 5.41) is 3.76. The molecule has 3 heterocycles. The van der Waals surface area contributed by atoms with Gasteiger partial charge in [-0.2, -0.15) is 0 Å². The zero-order chi connectivity index (χ0) is 14.6. The Morgan fingerprint density at radius 1 is 1.09 bits per heavy atom. The molecule has 3 aliphatic heterocycles. The van der Waals surface area contributed by atoms with Crippen LogP contribution in [0.2, 0.25) is 0 Å². The van der Waals surface area contributed by atoms with E-state index in [-0.39, 0.29) is 5.60 Å². The molecule has 22 heavy (non-hydrogen) atoms. The van der Waals surface area contributed by atoms with Gasteiger partial charge in [0.1, 0.15) is 0 Å². The summed E-state index contributed by atoms with van der Waals surface area (Å²) in [6, 6.07) is 12.4. The van der Waals surface area contributed by atoms with Crippen LogP contribution in [-0.2, 0) is 11.3 Å². The highest BCUT2D eigenvalue weighted by atomic mass is 16.5. The Kier molecular flexibility index (Phi) is 2.95. The first-order valence-electron chi connectivity index (χ1n) is 8.94. The average Bonchev–Trinajstić information content (AvgIpc) is 3.24. The predicted molar refractivity (Wildman–Crippen MR) is 86.7 cm³/mol. The van der Waals surface area contributed by atoms with Gasteiger partial charge < -0.3 is 10.1 Å². The summed E-state index contributed by atoms with van der Waals surface area (Å²) in [7, 11) is 0. The number of hydrogen-bond acceptors (Lipinski definition) is 3. The quantitative estimate of drug-likeness (QED) is 0.908. The van der Waals surface area contributed by atoms with E-state index in [2.05, 4.69) is 40.5 Å². The van der Waals surface area contributed by atoms with E-state index in [1.807, 2.05) is 0 Å². The van der Waals surface area contributed by atoms with E-state index in [1.165, 1.54) is 44.1 Å². The highest BCUT2D eigenvalue weighted by Gasteiger charge is 2.57. The van der Waals surface area contributed by atoms with Gasteiger partial charge in [-0.1, -0.05) is 30.3 Å². The molecule has 5 rings (SSSR count). The lowest BCUT2D eigenvalue weighted by molar-refractivity contribution is -0.163. The first kappa shape index (κ1) is 13.5. The van der Waals surface area contributed by atoms with Crippen LogP contribution in [-0.4, -0.2) is 41.3 Å². The maximum absolute atomic E-state index is 6.55. The zero-order valence-corrected chi connectivity index (χ0v) is 13.3. The summed E-state index contributed by atoms with van der Waals surface area (Å²) < 4.78 is 6.55. The molecule has 3 atom stereocenters. The molecule has 2 bridgehead atoms. The molecule has 0 amide bonds. The molecule has 3 heteroatoms. The number of morpholine rings is 1. The van der Waals surface area contributed by atoms with Gasteiger partial charge in [-0.25, -0.2) is 0 Å². The molecule has 1 N–H and O–H groups in total. The lowest BCUT2D eigenvalue weighted by Gasteiger charge is -2.51. The minimum atomic E-state index is 0.125. The van der Waals surface area contributed by atoms with Crippen molar-refractivity contribution in [3.63, 3.8) is 0 Å². The van der Waals surface area contributed by atoms with Crippen molar-refractivity contribution >= 4 is 0 Å². The number of nitrogens with one attached hydrogen (secondary N) is 1. The highest BCUT2D eigenvalue weighted by molar-refractivity contribution is 5.18. The van der Waals surface area contributed by atoms with E-state index >= 15 is 0 Å². The van der Waals surface area contributed by atoms with Gasteiger partial charge in [0.2, 0.25) is 0 Å². The van der Waals surface area contributed by atoms with E-state index in [4.69, 9.17) is 4.74 Å². The number of nitrogens with zero attached hydrogens (tertiary/aromatic N) is 1. The Labute approximate surface area is 133 Å². The standard InChI is InChI=1S/C19H26N2O/c1-2-4-15(5-3-1)12-21-13-19(22-14-18(21)8-9-18)10-16-6-7-17(11-19)20-16/h1-5,16-17,20H,6-14H2/t16-,17+,19?. The average molecular weight is 298 g/mol. The third-order valence-corrected chi connectivity index (χ3v) is 6.41. The monoisotopic (exact) mass is 298 g/mol. The number of fused-ring (bicyclic) bond motifs is 2. The van der Waals surface area contributed by atoms with Crippen LogP contribution in [0.25, 0.3) is 0 Å². The van der Waals surface area contributed by atoms with Gasteiger partial charge >= 0.3 is 0 Å². The maximum atomic E-state index is 6.55. The molecule has 0 aromatic heterocycles. The predicted octanol–water partition coefficient (Wildman–Crippen LogP) is 2.70. The van der Waals surface area contributed by atoms with Crippen LogP contribution in [0, 0.1) is 0 Å². The lowest BCUT2D eigenvalue weighted by Crippen LogP contribution is -2.62. The van der Waals surface area contributed by atoms with Gasteiger partial charge in [0.15, 0.2) is 0 Å². The van der Waals surface area contributed by atoms with Gasteiger partial charge in [0, 0.05) is 30.7 Å². The van der Waals surface area contributed by atoms with E-state index in [0.717, 1.165) is 19.7 Å². The number of rotatable bonds is 2. The molecule has 1 unspecified atom stereocenters. The molecule has 1 saturated carbocycles. The molecule has 1 aliphatic carbocycles. The summed E-state index contributed by atoms with van der Waals surface area (Å²) in [4.78, 5) is 2.76. The zero-order valence-electron chi connectivity index (χ0n) is 13.3. The number of benzene rings is 1. The molecule has 1 aromatic carbocycles. The molecule has 3 nitrogen and oxygen atoms in total. The van der Waals surface area contributed by atoms with Crippen LogP contribution in [0.15, 0.2) is 30.3 Å². The van der Waals surface area contributed by atoms with Gasteiger partial charge in [-0.15, -0.1) is 0 Å².